The van der Waals surface area contributed by atoms with Crippen molar-refractivity contribution < 1.29 is 4.79 Å². The predicted octanol–water partition coefficient (Wildman–Crippen LogP) is 3.96. The highest BCUT2D eigenvalue weighted by atomic mass is 35.5. The highest BCUT2D eigenvalue weighted by Gasteiger charge is 2.07. The summed E-state index contributed by atoms with van der Waals surface area (Å²) in [5.74, 6) is 0.182. The summed E-state index contributed by atoms with van der Waals surface area (Å²) >= 11 is 7.40. The van der Waals surface area contributed by atoms with Gasteiger partial charge in [0.05, 0.1) is 16.5 Å². The minimum Gasteiger partial charge on any atom is -0.398 e. The lowest BCUT2D eigenvalue weighted by molar-refractivity contribution is -0.113. The number of amides is 1. The second-order valence-corrected chi connectivity index (χ2v) is 5.78. The van der Waals surface area contributed by atoms with Gasteiger partial charge in [-0.05, 0) is 36.8 Å². The average molecular weight is 307 g/mol. The first-order valence-corrected chi connectivity index (χ1v) is 7.46. The van der Waals surface area contributed by atoms with Crippen LogP contribution in [0.3, 0.4) is 0 Å². The topological polar surface area (TPSA) is 55.1 Å². The van der Waals surface area contributed by atoms with E-state index in [1.807, 2.05) is 37.3 Å². The van der Waals surface area contributed by atoms with E-state index in [4.69, 9.17) is 17.3 Å². The fourth-order valence-electron chi connectivity index (χ4n) is 1.69. The molecule has 0 atom stereocenters. The summed E-state index contributed by atoms with van der Waals surface area (Å²) in [5.41, 5.74) is 8.33. The summed E-state index contributed by atoms with van der Waals surface area (Å²) in [6.07, 6.45) is 0. The van der Waals surface area contributed by atoms with Crippen molar-refractivity contribution in [1.29, 1.82) is 0 Å². The van der Waals surface area contributed by atoms with E-state index in [1.165, 1.54) is 11.8 Å². The van der Waals surface area contributed by atoms with Crippen LogP contribution < -0.4 is 11.1 Å². The maximum atomic E-state index is 11.9. The van der Waals surface area contributed by atoms with Gasteiger partial charge < -0.3 is 11.1 Å². The molecule has 2 aromatic rings. The maximum absolute atomic E-state index is 11.9. The number of nitrogens with two attached hydrogens (primary N) is 1. The molecule has 0 spiro atoms. The fourth-order valence-corrected chi connectivity index (χ4v) is 2.62. The van der Waals surface area contributed by atoms with Crippen LogP contribution in [-0.4, -0.2) is 11.7 Å². The van der Waals surface area contributed by atoms with Crippen molar-refractivity contribution in [2.24, 2.45) is 0 Å². The Hall–Kier alpha value is -1.65. The lowest BCUT2D eigenvalue weighted by atomic mass is 10.2. The molecule has 0 aliphatic rings. The summed E-state index contributed by atoms with van der Waals surface area (Å²) in [6.45, 7) is 1.98. The third-order valence-corrected chi connectivity index (χ3v) is 4.09. The lowest BCUT2D eigenvalue weighted by Gasteiger charge is -2.08. The first-order valence-electron chi connectivity index (χ1n) is 6.09. The number of nitrogens with one attached hydrogen (secondary N) is 1. The number of carbonyl (C=O) groups excluding carboxylic acids is 1. The molecule has 0 saturated heterocycles. The highest BCUT2D eigenvalue weighted by molar-refractivity contribution is 8.00. The molecule has 2 rings (SSSR count). The molecule has 104 valence electrons. The van der Waals surface area contributed by atoms with Crippen molar-refractivity contribution in [2.75, 3.05) is 16.8 Å². The molecular weight excluding hydrogens is 292 g/mol. The number of rotatable bonds is 4. The summed E-state index contributed by atoms with van der Waals surface area (Å²) in [7, 11) is 0. The quantitative estimate of drug-likeness (QED) is 0.664. The van der Waals surface area contributed by atoms with Gasteiger partial charge in [-0.3, -0.25) is 4.79 Å². The van der Waals surface area contributed by atoms with Crippen LogP contribution in [0.2, 0.25) is 5.02 Å². The third kappa shape index (κ3) is 3.92. The van der Waals surface area contributed by atoms with Gasteiger partial charge in [-0.25, -0.2) is 0 Å². The van der Waals surface area contributed by atoms with Crippen LogP contribution in [0, 0.1) is 6.92 Å². The largest absolute Gasteiger partial charge is 0.398 e. The van der Waals surface area contributed by atoms with E-state index in [0.717, 1.165) is 10.5 Å². The number of carbonyl (C=O) groups is 1. The number of thioether (sulfide) groups is 1. The second-order valence-electron chi connectivity index (χ2n) is 4.36. The highest BCUT2D eigenvalue weighted by Crippen LogP contribution is 2.26. The van der Waals surface area contributed by atoms with Crippen LogP contribution in [0.1, 0.15) is 5.56 Å². The van der Waals surface area contributed by atoms with Gasteiger partial charge in [0.25, 0.3) is 0 Å². The van der Waals surface area contributed by atoms with E-state index in [-0.39, 0.29) is 5.91 Å². The van der Waals surface area contributed by atoms with E-state index in [0.29, 0.717) is 22.2 Å². The monoisotopic (exact) mass is 306 g/mol. The molecule has 0 saturated carbocycles. The van der Waals surface area contributed by atoms with Gasteiger partial charge in [0.2, 0.25) is 5.91 Å². The van der Waals surface area contributed by atoms with E-state index in [9.17, 15) is 4.79 Å². The Morgan fingerprint density at radius 1 is 1.30 bits per heavy atom. The molecule has 0 aromatic heterocycles. The van der Waals surface area contributed by atoms with Crippen molar-refractivity contribution in [3.05, 3.63) is 53.1 Å². The summed E-state index contributed by atoms with van der Waals surface area (Å²) in [5, 5.41) is 3.31. The Labute approximate surface area is 127 Å². The Morgan fingerprint density at radius 3 is 2.75 bits per heavy atom. The number of hydrogen-bond acceptors (Lipinski definition) is 3. The number of aryl methyl sites for hydroxylation is 1. The third-order valence-electron chi connectivity index (χ3n) is 2.67. The van der Waals surface area contributed by atoms with Gasteiger partial charge in [0.15, 0.2) is 0 Å². The SMILES string of the molecule is Cc1ccc(SCC(=O)Nc2ccccc2Cl)c(N)c1. The molecule has 3 N–H and O–H groups in total. The number of benzene rings is 2. The fraction of sp³-hybridized carbons (Fsp3) is 0.133. The molecule has 1 amide bonds. The van der Waals surface area contributed by atoms with Crippen LogP contribution >= 0.6 is 23.4 Å². The second kappa shape index (κ2) is 6.68. The molecule has 3 nitrogen and oxygen atoms in total. The standard InChI is InChI=1S/C15H15ClN2OS/c1-10-6-7-14(12(17)8-10)20-9-15(19)18-13-5-3-2-4-11(13)16/h2-8H,9,17H2,1H3,(H,18,19). The Morgan fingerprint density at radius 2 is 2.05 bits per heavy atom. The van der Waals surface area contributed by atoms with Gasteiger partial charge >= 0.3 is 0 Å². The Balaban J connectivity index is 1.94. The number of para-hydroxylation sites is 1. The first kappa shape index (κ1) is 14.8. The minimum atomic E-state index is -0.108. The molecule has 0 heterocycles. The maximum Gasteiger partial charge on any atom is 0.234 e. The first-order chi connectivity index (χ1) is 9.56. The smallest absolute Gasteiger partial charge is 0.234 e. The summed E-state index contributed by atoms with van der Waals surface area (Å²) < 4.78 is 0. The molecule has 0 radical (unpaired) electrons. The zero-order valence-corrected chi connectivity index (χ0v) is 12.6. The van der Waals surface area contributed by atoms with Crippen molar-refractivity contribution in [3.8, 4) is 0 Å². The van der Waals surface area contributed by atoms with Crippen molar-refractivity contribution in [1.82, 2.24) is 0 Å². The Bertz CT molecular complexity index is 631. The number of halogens is 1. The van der Waals surface area contributed by atoms with E-state index in [1.54, 1.807) is 12.1 Å². The van der Waals surface area contributed by atoms with Crippen LogP contribution in [0.15, 0.2) is 47.4 Å². The van der Waals surface area contributed by atoms with E-state index in [2.05, 4.69) is 5.32 Å². The van der Waals surface area contributed by atoms with Crippen LogP contribution in [0.5, 0.6) is 0 Å². The van der Waals surface area contributed by atoms with Crippen LogP contribution in [0.25, 0.3) is 0 Å². The van der Waals surface area contributed by atoms with Crippen molar-refractivity contribution in [2.45, 2.75) is 11.8 Å². The number of hydrogen-bond donors (Lipinski definition) is 2. The molecule has 0 bridgehead atoms. The zero-order valence-electron chi connectivity index (χ0n) is 11.0. The van der Waals surface area contributed by atoms with E-state index < -0.39 is 0 Å². The van der Waals surface area contributed by atoms with Gasteiger partial charge in [0.1, 0.15) is 0 Å². The summed E-state index contributed by atoms with van der Waals surface area (Å²) in [4.78, 5) is 12.8. The van der Waals surface area contributed by atoms with Gasteiger partial charge in [0, 0.05) is 10.6 Å². The van der Waals surface area contributed by atoms with E-state index >= 15 is 0 Å². The molecule has 20 heavy (non-hydrogen) atoms. The van der Waals surface area contributed by atoms with Gasteiger partial charge in [-0.1, -0.05) is 29.8 Å². The van der Waals surface area contributed by atoms with Gasteiger partial charge in [-0.2, -0.15) is 0 Å². The molecule has 0 unspecified atom stereocenters. The molecule has 5 heteroatoms. The van der Waals surface area contributed by atoms with Crippen molar-refractivity contribution in [3.63, 3.8) is 0 Å². The van der Waals surface area contributed by atoms with Crippen LogP contribution in [0.4, 0.5) is 11.4 Å². The molecular formula is C15H15ClN2OS. The molecule has 0 aliphatic heterocycles. The predicted molar refractivity (Wildman–Crippen MR) is 86.4 cm³/mol. The molecule has 0 aliphatic carbocycles. The van der Waals surface area contributed by atoms with Gasteiger partial charge in [-0.15, -0.1) is 11.8 Å². The molecule has 2 aromatic carbocycles. The number of anilines is 2. The normalized spacial score (nSPS) is 10.3. The summed E-state index contributed by atoms with van der Waals surface area (Å²) in [6, 6.07) is 13.0. The van der Waals surface area contributed by atoms with Crippen LogP contribution in [-0.2, 0) is 4.79 Å². The Kier molecular flexibility index (Phi) is 4.93. The molecule has 0 fully saturated rings. The minimum absolute atomic E-state index is 0.108. The lowest BCUT2D eigenvalue weighted by Crippen LogP contribution is -2.14. The number of nitrogen functional groups attached to an aromatic ring is 1. The zero-order chi connectivity index (χ0) is 14.5. The van der Waals surface area contributed by atoms with Crippen molar-refractivity contribution >= 4 is 40.6 Å². The average Bonchev–Trinajstić information content (AvgIpc) is 2.40.